The highest BCUT2D eigenvalue weighted by atomic mass is 35.5. The molecule has 0 bridgehead atoms. The molecule has 0 aliphatic carbocycles. The normalized spacial score (nSPS) is 15.6. The summed E-state index contributed by atoms with van der Waals surface area (Å²) < 4.78 is 12.4. The van der Waals surface area contributed by atoms with Crippen molar-refractivity contribution in [3.8, 4) is 11.3 Å². The van der Waals surface area contributed by atoms with Crippen molar-refractivity contribution in [3.05, 3.63) is 68.8 Å². The quantitative estimate of drug-likeness (QED) is 0.389. The summed E-state index contributed by atoms with van der Waals surface area (Å²) in [5.41, 5.74) is 1.24. The Morgan fingerprint density at radius 2 is 2.17 bits per heavy atom. The zero-order valence-corrected chi connectivity index (χ0v) is 16.0. The molecule has 0 amide bonds. The molecule has 1 aromatic carbocycles. The number of fused-ring (bicyclic) bond motifs is 1. The van der Waals surface area contributed by atoms with Gasteiger partial charge in [0.05, 0.1) is 22.6 Å². The number of esters is 1. The van der Waals surface area contributed by atoms with E-state index in [0.717, 1.165) is 0 Å². The van der Waals surface area contributed by atoms with E-state index < -0.39 is 16.9 Å². The molecule has 1 atom stereocenters. The molecular weight excluding hydrogens is 402 g/mol. The molecule has 3 aromatic rings. The maximum absolute atomic E-state index is 12.4. The van der Waals surface area contributed by atoms with Crippen LogP contribution in [0.2, 0.25) is 5.02 Å². The van der Waals surface area contributed by atoms with Crippen LogP contribution in [0.3, 0.4) is 0 Å². The number of ether oxygens (including phenoxy) is 1. The van der Waals surface area contributed by atoms with Gasteiger partial charge in [0.2, 0.25) is 5.95 Å². The van der Waals surface area contributed by atoms with Crippen LogP contribution in [-0.4, -0.2) is 32.8 Å². The van der Waals surface area contributed by atoms with Crippen molar-refractivity contribution in [1.29, 1.82) is 0 Å². The van der Waals surface area contributed by atoms with E-state index in [4.69, 9.17) is 20.8 Å². The van der Waals surface area contributed by atoms with Crippen molar-refractivity contribution in [2.75, 3.05) is 12.4 Å². The molecule has 1 aliphatic rings. The maximum Gasteiger partial charge on any atom is 0.338 e. The van der Waals surface area contributed by atoms with E-state index in [0.29, 0.717) is 34.3 Å². The predicted molar refractivity (Wildman–Crippen MR) is 102 cm³/mol. The number of anilines is 1. The van der Waals surface area contributed by atoms with Gasteiger partial charge in [-0.3, -0.25) is 10.1 Å². The first-order valence-corrected chi connectivity index (χ1v) is 8.78. The zero-order valence-electron chi connectivity index (χ0n) is 15.2. The second-order valence-corrected chi connectivity index (χ2v) is 6.62. The van der Waals surface area contributed by atoms with Crippen LogP contribution >= 0.6 is 11.6 Å². The fourth-order valence-corrected chi connectivity index (χ4v) is 3.46. The van der Waals surface area contributed by atoms with Gasteiger partial charge in [-0.05, 0) is 25.1 Å². The summed E-state index contributed by atoms with van der Waals surface area (Å²) in [5, 5.41) is 18.3. The first-order chi connectivity index (χ1) is 13.9. The minimum atomic E-state index is -0.702. The number of rotatable bonds is 4. The van der Waals surface area contributed by atoms with Crippen LogP contribution in [0, 0.1) is 10.1 Å². The van der Waals surface area contributed by atoms with Gasteiger partial charge in [0, 0.05) is 23.4 Å². The van der Waals surface area contributed by atoms with Gasteiger partial charge < -0.3 is 14.5 Å². The largest absolute Gasteiger partial charge is 0.466 e. The van der Waals surface area contributed by atoms with E-state index in [1.807, 2.05) is 0 Å². The summed E-state index contributed by atoms with van der Waals surface area (Å²) in [7, 11) is 1.29. The molecule has 0 unspecified atom stereocenters. The van der Waals surface area contributed by atoms with Gasteiger partial charge in [0.15, 0.2) is 0 Å². The summed E-state index contributed by atoms with van der Waals surface area (Å²) in [5.74, 6) is 0.711. The summed E-state index contributed by atoms with van der Waals surface area (Å²) >= 11 is 6.21. The monoisotopic (exact) mass is 415 g/mol. The molecule has 1 aliphatic heterocycles. The van der Waals surface area contributed by atoms with Gasteiger partial charge in [0.1, 0.15) is 23.9 Å². The number of carbonyl (C=O) groups is 1. The molecule has 10 nitrogen and oxygen atoms in total. The Bertz CT molecular complexity index is 1170. The van der Waals surface area contributed by atoms with Crippen molar-refractivity contribution in [1.82, 2.24) is 14.8 Å². The summed E-state index contributed by atoms with van der Waals surface area (Å²) in [4.78, 5) is 26.9. The third-order valence-corrected chi connectivity index (χ3v) is 4.84. The standard InChI is InChI=1S/C18H14ClN5O5/c1-9-15(17(25)28-2)16(23-18(22-9)20-8-21-23)14-6-5-13(29-14)11-4-3-10(24(26)27)7-12(11)19/h3-8,16H,1-2H3,(H,20,21,22)/t16-/m0/s1. The summed E-state index contributed by atoms with van der Waals surface area (Å²) in [6.45, 7) is 1.73. The van der Waals surface area contributed by atoms with Gasteiger partial charge in [-0.25, -0.2) is 9.48 Å². The molecule has 29 heavy (non-hydrogen) atoms. The lowest BCUT2D eigenvalue weighted by Gasteiger charge is -2.26. The van der Waals surface area contributed by atoms with E-state index in [1.54, 1.807) is 19.1 Å². The molecule has 0 fully saturated rings. The van der Waals surface area contributed by atoms with E-state index in [2.05, 4.69) is 15.4 Å². The van der Waals surface area contributed by atoms with Crippen LogP contribution in [0.25, 0.3) is 11.3 Å². The highest BCUT2D eigenvalue weighted by Crippen LogP contribution is 2.39. The number of nitrogens with one attached hydrogen (secondary N) is 1. The number of hydrogen-bond donors (Lipinski definition) is 1. The Labute approximate surface area is 168 Å². The number of methoxy groups -OCH3 is 1. The van der Waals surface area contributed by atoms with Crippen LogP contribution < -0.4 is 5.32 Å². The molecule has 148 valence electrons. The number of nitrogens with zero attached hydrogens (tertiary/aromatic N) is 4. The second-order valence-electron chi connectivity index (χ2n) is 6.21. The lowest BCUT2D eigenvalue weighted by molar-refractivity contribution is -0.384. The fourth-order valence-electron chi connectivity index (χ4n) is 3.19. The van der Waals surface area contributed by atoms with Gasteiger partial charge in [0.25, 0.3) is 5.69 Å². The average molecular weight is 416 g/mol. The molecule has 4 rings (SSSR count). The van der Waals surface area contributed by atoms with Crippen molar-refractivity contribution >= 4 is 29.2 Å². The Kier molecular flexibility index (Phi) is 4.55. The Morgan fingerprint density at radius 1 is 1.38 bits per heavy atom. The molecule has 2 aromatic heterocycles. The molecule has 0 spiro atoms. The van der Waals surface area contributed by atoms with Crippen LogP contribution in [0.1, 0.15) is 18.7 Å². The van der Waals surface area contributed by atoms with Gasteiger partial charge in [-0.1, -0.05) is 11.6 Å². The molecule has 1 N–H and O–H groups in total. The number of aromatic nitrogens is 3. The Morgan fingerprint density at radius 3 is 2.86 bits per heavy atom. The van der Waals surface area contributed by atoms with Crippen molar-refractivity contribution < 1.29 is 18.9 Å². The topological polar surface area (TPSA) is 125 Å². The number of nitro benzene ring substituents is 1. The van der Waals surface area contributed by atoms with Crippen LogP contribution in [0.5, 0.6) is 0 Å². The summed E-state index contributed by atoms with van der Waals surface area (Å²) in [6.07, 6.45) is 1.36. The van der Waals surface area contributed by atoms with Crippen LogP contribution in [0.15, 0.2) is 52.3 Å². The lowest BCUT2D eigenvalue weighted by Crippen LogP contribution is -2.29. The number of furan rings is 1. The maximum atomic E-state index is 12.4. The Hall–Kier alpha value is -3.66. The second kappa shape index (κ2) is 7.06. The van der Waals surface area contributed by atoms with Gasteiger partial charge in [-0.15, -0.1) is 0 Å². The Balaban J connectivity index is 1.79. The minimum absolute atomic E-state index is 0.123. The number of nitro groups is 1. The smallest absolute Gasteiger partial charge is 0.338 e. The number of halogens is 1. The third-order valence-electron chi connectivity index (χ3n) is 4.52. The molecule has 0 saturated carbocycles. The number of allylic oxidation sites excluding steroid dienone is 1. The zero-order chi connectivity index (χ0) is 20.7. The number of benzene rings is 1. The first kappa shape index (κ1) is 18.7. The highest BCUT2D eigenvalue weighted by molar-refractivity contribution is 6.33. The minimum Gasteiger partial charge on any atom is -0.466 e. The lowest BCUT2D eigenvalue weighted by atomic mass is 10.0. The fraction of sp³-hybridized carbons (Fsp3) is 0.167. The van der Waals surface area contributed by atoms with Crippen LogP contribution in [-0.2, 0) is 9.53 Å². The SMILES string of the molecule is COC(=O)C1=C(C)Nc2ncnn2[C@H]1c1ccc(-c2ccc([N+](=O)[O-])cc2Cl)o1. The summed E-state index contributed by atoms with van der Waals surface area (Å²) in [6, 6.07) is 6.76. The van der Waals surface area contributed by atoms with E-state index in [1.165, 1.54) is 36.3 Å². The molecule has 11 heteroatoms. The highest BCUT2D eigenvalue weighted by Gasteiger charge is 2.36. The van der Waals surface area contributed by atoms with Crippen LogP contribution in [0.4, 0.5) is 11.6 Å². The van der Waals surface area contributed by atoms with Crippen molar-refractivity contribution in [3.63, 3.8) is 0 Å². The molecular formula is C18H14ClN5O5. The van der Waals surface area contributed by atoms with Crippen molar-refractivity contribution in [2.45, 2.75) is 13.0 Å². The predicted octanol–water partition coefficient (Wildman–Crippen LogP) is 3.56. The number of non-ortho nitro benzene ring substituents is 1. The van der Waals surface area contributed by atoms with Gasteiger partial charge >= 0.3 is 5.97 Å². The average Bonchev–Trinajstić information content (AvgIpc) is 3.35. The van der Waals surface area contributed by atoms with E-state index in [9.17, 15) is 14.9 Å². The molecule has 3 heterocycles. The third kappa shape index (κ3) is 3.13. The first-order valence-electron chi connectivity index (χ1n) is 8.40. The number of carbonyl (C=O) groups excluding carboxylic acids is 1. The van der Waals surface area contributed by atoms with Crippen molar-refractivity contribution in [2.24, 2.45) is 0 Å². The van der Waals surface area contributed by atoms with E-state index >= 15 is 0 Å². The molecule has 0 saturated heterocycles. The van der Waals surface area contributed by atoms with E-state index in [-0.39, 0.29) is 10.7 Å². The van der Waals surface area contributed by atoms with Gasteiger partial charge in [-0.2, -0.15) is 10.1 Å². The number of hydrogen-bond acceptors (Lipinski definition) is 8. The molecule has 0 radical (unpaired) electrons.